The molecule has 0 radical (unpaired) electrons. The second kappa shape index (κ2) is 7.12. The molecule has 88 valence electrons. The number of hydrogen-bond donors (Lipinski definition) is 1. The molecule has 0 aromatic carbocycles. The number of hydrogen-bond acceptors (Lipinski definition) is 4. The van der Waals surface area contributed by atoms with Crippen LogP contribution in [0.3, 0.4) is 0 Å². The molecular formula is C11H22N2OS. The summed E-state index contributed by atoms with van der Waals surface area (Å²) >= 11 is 1.88. The molecule has 1 rings (SSSR count). The van der Waals surface area contributed by atoms with Gasteiger partial charge in [0.25, 0.3) is 0 Å². The monoisotopic (exact) mass is 230 g/mol. The van der Waals surface area contributed by atoms with E-state index in [1.807, 2.05) is 11.8 Å². The predicted octanol–water partition coefficient (Wildman–Crippen LogP) is 2.27. The van der Waals surface area contributed by atoms with Crippen molar-refractivity contribution in [2.75, 3.05) is 19.7 Å². The van der Waals surface area contributed by atoms with Gasteiger partial charge in [-0.25, -0.2) is 0 Å². The van der Waals surface area contributed by atoms with Crippen molar-refractivity contribution in [1.29, 1.82) is 0 Å². The van der Waals surface area contributed by atoms with E-state index in [0.717, 1.165) is 24.9 Å². The topological polar surface area (TPSA) is 33.6 Å². The molecule has 1 atom stereocenters. The number of aliphatic imine (C=N–C) groups is 1. The maximum atomic E-state index is 5.45. The van der Waals surface area contributed by atoms with E-state index in [1.165, 1.54) is 12.8 Å². The van der Waals surface area contributed by atoms with Gasteiger partial charge >= 0.3 is 0 Å². The first-order valence-corrected chi connectivity index (χ1v) is 6.67. The molecule has 0 aliphatic carbocycles. The highest BCUT2D eigenvalue weighted by molar-refractivity contribution is 8.14. The minimum absolute atomic E-state index is 0.317. The van der Waals surface area contributed by atoms with Crippen molar-refractivity contribution in [3.8, 4) is 0 Å². The first-order valence-electron chi connectivity index (χ1n) is 5.79. The molecule has 15 heavy (non-hydrogen) atoms. The number of nitrogens with zero attached hydrogens (tertiary/aromatic N) is 1. The number of nitrogens with one attached hydrogen (secondary N) is 1. The average Bonchev–Trinajstić information content (AvgIpc) is 2.61. The van der Waals surface area contributed by atoms with Gasteiger partial charge in [-0.3, -0.25) is 4.99 Å². The molecule has 1 heterocycles. The Morgan fingerprint density at radius 3 is 3.07 bits per heavy atom. The minimum Gasteiger partial charge on any atom is -0.377 e. The summed E-state index contributed by atoms with van der Waals surface area (Å²) in [5, 5.41) is 5.11. The number of ether oxygens (including phenoxy) is 1. The van der Waals surface area contributed by atoms with Crippen LogP contribution >= 0.6 is 11.8 Å². The summed E-state index contributed by atoms with van der Waals surface area (Å²) < 4.78 is 5.45. The Hall–Kier alpha value is -0.220. The van der Waals surface area contributed by atoms with Crippen LogP contribution in [-0.4, -0.2) is 36.2 Å². The lowest BCUT2D eigenvalue weighted by atomic mass is 10.2. The van der Waals surface area contributed by atoms with Gasteiger partial charge in [0.15, 0.2) is 5.17 Å². The summed E-state index contributed by atoms with van der Waals surface area (Å²) in [6, 6.07) is 0. The highest BCUT2D eigenvalue weighted by Crippen LogP contribution is 2.23. The molecule has 0 aromatic heterocycles. The van der Waals surface area contributed by atoms with E-state index in [4.69, 9.17) is 4.74 Å². The zero-order chi connectivity index (χ0) is 11.1. The summed E-state index contributed by atoms with van der Waals surface area (Å²) in [6.07, 6.45) is 2.83. The fourth-order valence-corrected chi connectivity index (χ4v) is 2.59. The van der Waals surface area contributed by atoms with Crippen LogP contribution < -0.4 is 5.32 Å². The van der Waals surface area contributed by atoms with Gasteiger partial charge in [-0.1, -0.05) is 25.1 Å². The predicted molar refractivity (Wildman–Crippen MR) is 67.7 cm³/mol. The van der Waals surface area contributed by atoms with Crippen LogP contribution in [0, 0.1) is 0 Å². The molecule has 0 aromatic rings. The SMILES string of the molecule is CCCC1CN=C(NCCOC(C)C)S1. The van der Waals surface area contributed by atoms with E-state index in [2.05, 4.69) is 31.1 Å². The molecule has 1 unspecified atom stereocenters. The molecule has 1 N–H and O–H groups in total. The van der Waals surface area contributed by atoms with Crippen molar-refractivity contribution in [2.45, 2.75) is 45.0 Å². The highest BCUT2D eigenvalue weighted by Gasteiger charge is 2.17. The number of thioether (sulfide) groups is 1. The second-order valence-corrected chi connectivity index (χ2v) is 5.31. The summed E-state index contributed by atoms with van der Waals surface area (Å²) in [5.41, 5.74) is 0. The Labute approximate surface area is 97.1 Å². The van der Waals surface area contributed by atoms with Gasteiger partial charge in [0.05, 0.1) is 19.3 Å². The summed E-state index contributed by atoms with van der Waals surface area (Å²) in [7, 11) is 0. The lowest BCUT2D eigenvalue weighted by molar-refractivity contribution is 0.0831. The van der Waals surface area contributed by atoms with Crippen molar-refractivity contribution < 1.29 is 4.74 Å². The fourth-order valence-electron chi connectivity index (χ4n) is 1.44. The van der Waals surface area contributed by atoms with Crippen molar-refractivity contribution in [2.24, 2.45) is 4.99 Å². The lowest BCUT2D eigenvalue weighted by Crippen LogP contribution is -2.25. The molecule has 0 saturated carbocycles. The van der Waals surface area contributed by atoms with Crippen LogP contribution in [0.1, 0.15) is 33.6 Å². The summed E-state index contributed by atoms with van der Waals surface area (Å²) in [6.45, 7) is 8.94. The van der Waals surface area contributed by atoms with Crippen molar-refractivity contribution >= 4 is 16.9 Å². The van der Waals surface area contributed by atoms with Gasteiger partial charge in [0.2, 0.25) is 0 Å². The Kier molecular flexibility index (Phi) is 6.10. The zero-order valence-corrected chi connectivity index (χ0v) is 10.8. The number of amidine groups is 1. The van der Waals surface area contributed by atoms with Crippen LogP contribution in [-0.2, 0) is 4.74 Å². The molecule has 0 fully saturated rings. The van der Waals surface area contributed by atoms with Gasteiger partial charge in [0.1, 0.15) is 0 Å². The van der Waals surface area contributed by atoms with Crippen LogP contribution in [0.5, 0.6) is 0 Å². The van der Waals surface area contributed by atoms with Gasteiger partial charge in [-0.05, 0) is 20.3 Å². The Morgan fingerprint density at radius 1 is 1.60 bits per heavy atom. The zero-order valence-electron chi connectivity index (χ0n) is 9.95. The second-order valence-electron chi connectivity index (χ2n) is 4.02. The third kappa shape index (κ3) is 5.42. The molecular weight excluding hydrogens is 208 g/mol. The first kappa shape index (κ1) is 12.8. The Bertz CT molecular complexity index is 207. The van der Waals surface area contributed by atoms with Gasteiger partial charge < -0.3 is 10.1 Å². The van der Waals surface area contributed by atoms with E-state index in [0.29, 0.717) is 11.4 Å². The molecule has 0 saturated heterocycles. The molecule has 0 amide bonds. The molecule has 0 bridgehead atoms. The largest absolute Gasteiger partial charge is 0.377 e. The van der Waals surface area contributed by atoms with E-state index in [1.54, 1.807) is 0 Å². The number of rotatable bonds is 6. The van der Waals surface area contributed by atoms with E-state index >= 15 is 0 Å². The third-order valence-corrected chi connectivity index (χ3v) is 3.37. The molecule has 4 heteroatoms. The van der Waals surface area contributed by atoms with E-state index < -0.39 is 0 Å². The van der Waals surface area contributed by atoms with Crippen molar-refractivity contribution in [1.82, 2.24) is 5.32 Å². The van der Waals surface area contributed by atoms with Gasteiger partial charge in [0, 0.05) is 11.8 Å². The van der Waals surface area contributed by atoms with E-state index in [-0.39, 0.29) is 0 Å². The maximum Gasteiger partial charge on any atom is 0.157 e. The molecule has 3 nitrogen and oxygen atoms in total. The fraction of sp³-hybridized carbons (Fsp3) is 0.909. The smallest absolute Gasteiger partial charge is 0.157 e. The standard InChI is InChI=1S/C11H22N2OS/c1-4-5-10-8-13-11(15-10)12-6-7-14-9(2)3/h9-10H,4-8H2,1-3H3,(H,12,13). The minimum atomic E-state index is 0.317. The Morgan fingerprint density at radius 2 is 2.40 bits per heavy atom. The van der Waals surface area contributed by atoms with Crippen LogP contribution in [0.2, 0.25) is 0 Å². The summed E-state index contributed by atoms with van der Waals surface area (Å²) in [4.78, 5) is 4.47. The van der Waals surface area contributed by atoms with E-state index in [9.17, 15) is 0 Å². The highest BCUT2D eigenvalue weighted by atomic mass is 32.2. The van der Waals surface area contributed by atoms with Crippen molar-refractivity contribution in [3.63, 3.8) is 0 Å². The Balaban J connectivity index is 2.03. The van der Waals surface area contributed by atoms with Crippen molar-refractivity contribution in [3.05, 3.63) is 0 Å². The van der Waals surface area contributed by atoms with Gasteiger partial charge in [-0.15, -0.1) is 0 Å². The first-order chi connectivity index (χ1) is 7.22. The normalized spacial score (nSPS) is 20.8. The maximum absolute atomic E-state index is 5.45. The molecule has 1 aliphatic heterocycles. The molecule has 0 spiro atoms. The lowest BCUT2D eigenvalue weighted by Gasteiger charge is -2.09. The van der Waals surface area contributed by atoms with Crippen LogP contribution in [0.4, 0.5) is 0 Å². The van der Waals surface area contributed by atoms with Crippen LogP contribution in [0.25, 0.3) is 0 Å². The van der Waals surface area contributed by atoms with Crippen LogP contribution in [0.15, 0.2) is 4.99 Å². The van der Waals surface area contributed by atoms with Gasteiger partial charge in [-0.2, -0.15) is 0 Å². The third-order valence-electron chi connectivity index (χ3n) is 2.16. The quantitative estimate of drug-likeness (QED) is 0.711. The summed E-state index contributed by atoms with van der Waals surface area (Å²) in [5.74, 6) is 0. The average molecular weight is 230 g/mol. The molecule has 1 aliphatic rings.